The summed E-state index contributed by atoms with van der Waals surface area (Å²) in [6.07, 6.45) is 0.200. The van der Waals surface area contributed by atoms with Crippen molar-refractivity contribution < 1.29 is 5.11 Å². The van der Waals surface area contributed by atoms with E-state index in [0.29, 0.717) is 5.75 Å². The summed E-state index contributed by atoms with van der Waals surface area (Å²) in [5, 5.41) is 16.1. The first-order chi connectivity index (χ1) is 6.27. The fourth-order valence-corrected chi connectivity index (χ4v) is 1.55. The molecule has 1 aliphatic rings. The van der Waals surface area contributed by atoms with Crippen molar-refractivity contribution in [2.45, 2.75) is 13.1 Å². The van der Waals surface area contributed by atoms with Crippen LogP contribution in [0.25, 0.3) is 0 Å². The van der Waals surface area contributed by atoms with Crippen LogP contribution in [0.1, 0.15) is 17.3 Å². The molecule has 1 fully saturated rings. The zero-order valence-electron chi connectivity index (χ0n) is 7.67. The van der Waals surface area contributed by atoms with Gasteiger partial charge in [0.2, 0.25) is 0 Å². The van der Waals surface area contributed by atoms with Gasteiger partial charge in [-0.2, -0.15) is 0 Å². The van der Waals surface area contributed by atoms with Gasteiger partial charge in [0.15, 0.2) is 0 Å². The number of aryl methyl sites for hydroxylation is 1. The Kier molecular flexibility index (Phi) is 2.20. The number of aromatic hydroxyl groups is 1. The highest BCUT2D eigenvalue weighted by Gasteiger charge is 2.15. The minimum Gasteiger partial charge on any atom is -0.508 e. The van der Waals surface area contributed by atoms with Crippen LogP contribution in [0.2, 0.25) is 0 Å². The topological polar surface area (TPSA) is 44.3 Å². The molecule has 3 N–H and O–H groups in total. The lowest BCUT2D eigenvalue weighted by molar-refractivity contribution is 0.467. The molecule has 0 unspecified atom stereocenters. The zero-order chi connectivity index (χ0) is 9.26. The number of benzene rings is 1. The molecule has 1 aliphatic heterocycles. The highest BCUT2D eigenvalue weighted by atomic mass is 16.3. The standard InChI is InChI=1S/C10H14N2O/c1-7-2-3-8(6-9(7)13)10-11-4-5-12-10/h2-3,6,10-13H,4-5H2,1H3. The lowest BCUT2D eigenvalue weighted by atomic mass is 10.1. The molecular weight excluding hydrogens is 164 g/mol. The molecule has 0 radical (unpaired) electrons. The molecule has 13 heavy (non-hydrogen) atoms. The molecule has 0 spiro atoms. The largest absolute Gasteiger partial charge is 0.508 e. The number of nitrogens with one attached hydrogen (secondary N) is 2. The monoisotopic (exact) mass is 178 g/mol. The fourth-order valence-electron chi connectivity index (χ4n) is 1.55. The van der Waals surface area contributed by atoms with Crippen molar-refractivity contribution in [3.05, 3.63) is 29.3 Å². The summed E-state index contributed by atoms with van der Waals surface area (Å²) in [5.41, 5.74) is 2.02. The molecule has 0 aliphatic carbocycles. The van der Waals surface area contributed by atoms with E-state index in [4.69, 9.17) is 0 Å². The highest BCUT2D eigenvalue weighted by Crippen LogP contribution is 2.21. The van der Waals surface area contributed by atoms with Crippen molar-refractivity contribution >= 4 is 0 Å². The number of hydrogen-bond donors (Lipinski definition) is 3. The molecular formula is C10H14N2O. The summed E-state index contributed by atoms with van der Waals surface area (Å²) in [7, 11) is 0. The predicted molar refractivity (Wildman–Crippen MR) is 51.6 cm³/mol. The van der Waals surface area contributed by atoms with Gasteiger partial charge in [-0.25, -0.2) is 0 Å². The van der Waals surface area contributed by atoms with Crippen molar-refractivity contribution in [1.29, 1.82) is 0 Å². The van der Waals surface area contributed by atoms with Crippen LogP contribution in [0.15, 0.2) is 18.2 Å². The first-order valence-electron chi connectivity index (χ1n) is 4.53. The minimum atomic E-state index is 0.200. The number of phenols is 1. The molecule has 0 atom stereocenters. The Bertz CT molecular complexity index is 306. The Morgan fingerprint density at radius 1 is 1.31 bits per heavy atom. The maximum atomic E-state index is 9.50. The molecule has 1 aromatic carbocycles. The second-order valence-corrected chi connectivity index (χ2v) is 3.39. The summed E-state index contributed by atoms with van der Waals surface area (Å²) in [6, 6.07) is 5.78. The first kappa shape index (κ1) is 8.53. The van der Waals surface area contributed by atoms with E-state index in [9.17, 15) is 5.11 Å². The molecule has 2 rings (SSSR count). The van der Waals surface area contributed by atoms with Crippen molar-refractivity contribution in [3.63, 3.8) is 0 Å². The van der Waals surface area contributed by atoms with Gasteiger partial charge < -0.3 is 5.11 Å². The van der Waals surface area contributed by atoms with Gasteiger partial charge in [-0.15, -0.1) is 0 Å². The quantitative estimate of drug-likeness (QED) is 0.598. The summed E-state index contributed by atoms with van der Waals surface area (Å²) in [4.78, 5) is 0. The third kappa shape index (κ3) is 1.66. The zero-order valence-corrected chi connectivity index (χ0v) is 7.67. The number of phenolic OH excluding ortho intramolecular Hbond substituents is 1. The van der Waals surface area contributed by atoms with Gasteiger partial charge >= 0.3 is 0 Å². The molecule has 3 nitrogen and oxygen atoms in total. The predicted octanol–water partition coefficient (Wildman–Crippen LogP) is 0.892. The Labute approximate surface area is 77.8 Å². The van der Waals surface area contributed by atoms with Crippen LogP contribution in [0.4, 0.5) is 0 Å². The maximum absolute atomic E-state index is 9.50. The van der Waals surface area contributed by atoms with E-state index in [1.165, 1.54) is 0 Å². The molecule has 1 heterocycles. The van der Waals surface area contributed by atoms with Crippen LogP contribution in [0, 0.1) is 6.92 Å². The Balaban J connectivity index is 2.25. The van der Waals surface area contributed by atoms with Crippen molar-refractivity contribution in [2.24, 2.45) is 0 Å². The van der Waals surface area contributed by atoms with Crippen LogP contribution in [-0.4, -0.2) is 18.2 Å². The highest BCUT2D eigenvalue weighted by molar-refractivity contribution is 5.36. The summed E-state index contributed by atoms with van der Waals surface area (Å²) >= 11 is 0. The Hall–Kier alpha value is -1.06. The second-order valence-electron chi connectivity index (χ2n) is 3.39. The molecule has 0 bridgehead atoms. The van der Waals surface area contributed by atoms with Gasteiger partial charge in [0.25, 0.3) is 0 Å². The van der Waals surface area contributed by atoms with Gasteiger partial charge in [0.05, 0.1) is 6.17 Å². The summed E-state index contributed by atoms with van der Waals surface area (Å²) in [6.45, 7) is 3.87. The van der Waals surface area contributed by atoms with Crippen LogP contribution >= 0.6 is 0 Å². The fraction of sp³-hybridized carbons (Fsp3) is 0.400. The van der Waals surface area contributed by atoms with Gasteiger partial charge in [-0.3, -0.25) is 10.6 Å². The number of rotatable bonds is 1. The van der Waals surface area contributed by atoms with Gasteiger partial charge in [-0.1, -0.05) is 12.1 Å². The normalized spacial score (nSPS) is 17.9. The Morgan fingerprint density at radius 2 is 2.00 bits per heavy atom. The smallest absolute Gasteiger partial charge is 0.118 e. The van der Waals surface area contributed by atoms with Gasteiger partial charge in [0.1, 0.15) is 5.75 Å². The average Bonchev–Trinajstić information content (AvgIpc) is 2.62. The molecule has 1 saturated heterocycles. The molecule has 1 aromatic rings. The average molecular weight is 178 g/mol. The number of hydrogen-bond acceptors (Lipinski definition) is 3. The second kappa shape index (κ2) is 3.36. The van der Waals surface area contributed by atoms with Crippen LogP contribution in [0.5, 0.6) is 5.75 Å². The first-order valence-corrected chi connectivity index (χ1v) is 4.53. The third-order valence-electron chi connectivity index (χ3n) is 2.39. The van der Waals surface area contributed by atoms with Crippen molar-refractivity contribution in [3.8, 4) is 5.75 Å². The van der Waals surface area contributed by atoms with E-state index in [1.807, 2.05) is 25.1 Å². The van der Waals surface area contributed by atoms with Gasteiger partial charge in [0, 0.05) is 13.1 Å². The maximum Gasteiger partial charge on any atom is 0.118 e. The third-order valence-corrected chi connectivity index (χ3v) is 2.39. The van der Waals surface area contributed by atoms with E-state index >= 15 is 0 Å². The molecule has 0 saturated carbocycles. The van der Waals surface area contributed by atoms with E-state index in [2.05, 4.69) is 10.6 Å². The van der Waals surface area contributed by atoms with E-state index in [-0.39, 0.29) is 6.17 Å². The van der Waals surface area contributed by atoms with Crippen LogP contribution in [0.3, 0.4) is 0 Å². The van der Waals surface area contributed by atoms with E-state index in [1.54, 1.807) is 0 Å². The van der Waals surface area contributed by atoms with Crippen molar-refractivity contribution in [1.82, 2.24) is 10.6 Å². The van der Waals surface area contributed by atoms with Gasteiger partial charge in [-0.05, 0) is 24.1 Å². The molecule has 70 valence electrons. The van der Waals surface area contributed by atoms with Crippen LogP contribution in [-0.2, 0) is 0 Å². The van der Waals surface area contributed by atoms with Crippen molar-refractivity contribution in [2.75, 3.05) is 13.1 Å². The van der Waals surface area contributed by atoms with Crippen LogP contribution < -0.4 is 10.6 Å². The Morgan fingerprint density at radius 3 is 2.62 bits per heavy atom. The lowest BCUT2D eigenvalue weighted by Gasteiger charge is -2.11. The SMILES string of the molecule is Cc1ccc(C2NCCN2)cc1O. The summed E-state index contributed by atoms with van der Waals surface area (Å²) in [5.74, 6) is 0.369. The lowest BCUT2D eigenvalue weighted by Crippen LogP contribution is -2.20. The summed E-state index contributed by atoms with van der Waals surface area (Å²) < 4.78 is 0. The molecule has 3 heteroatoms. The van der Waals surface area contributed by atoms with E-state index in [0.717, 1.165) is 24.2 Å². The minimum absolute atomic E-state index is 0.200. The molecule has 0 aromatic heterocycles. The molecule has 0 amide bonds. The van der Waals surface area contributed by atoms with E-state index < -0.39 is 0 Å².